The molecule has 1 saturated heterocycles. The maximum Gasteiger partial charge on any atom is 0.0315 e. The van der Waals surface area contributed by atoms with Gasteiger partial charge in [0, 0.05) is 31.0 Å². The smallest absolute Gasteiger partial charge is 0.0315 e. The summed E-state index contributed by atoms with van der Waals surface area (Å²) in [4.78, 5) is 6.94. The van der Waals surface area contributed by atoms with Crippen molar-refractivity contribution in [3.05, 3.63) is 29.6 Å². The monoisotopic (exact) mass is 273 g/mol. The van der Waals surface area contributed by atoms with E-state index in [1.807, 2.05) is 12.4 Å². The van der Waals surface area contributed by atoms with Gasteiger partial charge >= 0.3 is 0 Å². The van der Waals surface area contributed by atoms with Crippen molar-refractivity contribution in [2.45, 2.75) is 57.5 Å². The fraction of sp³-hybridized carbons (Fsp3) is 0.706. The zero-order valence-electron chi connectivity index (χ0n) is 12.7. The van der Waals surface area contributed by atoms with Gasteiger partial charge in [-0.25, -0.2) is 0 Å². The van der Waals surface area contributed by atoms with Crippen molar-refractivity contribution in [3.63, 3.8) is 0 Å². The molecule has 0 aromatic carbocycles. The molecule has 3 rings (SSSR count). The van der Waals surface area contributed by atoms with E-state index in [-0.39, 0.29) is 0 Å². The summed E-state index contributed by atoms with van der Waals surface area (Å²) in [5, 5.41) is 3.87. The van der Waals surface area contributed by atoms with Crippen LogP contribution in [-0.4, -0.2) is 35.1 Å². The molecule has 1 aliphatic carbocycles. The second-order valence-electron chi connectivity index (χ2n) is 6.63. The number of aryl methyl sites for hydroxylation is 1. The van der Waals surface area contributed by atoms with Gasteiger partial charge in [0.1, 0.15) is 0 Å². The Morgan fingerprint density at radius 2 is 2.10 bits per heavy atom. The fourth-order valence-electron chi connectivity index (χ4n) is 3.82. The van der Waals surface area contributed by atoms with E-state index in [0.29, 0.717) is 5.54 Å². The Morgan fingerprint density at radius 3 is 2.90 bits per heavy atom. The topological polar surface area (TPSA) is 28.2 Å². The molecule has 0 radical (unpaired) electrons. The number of pyridine rings is 1. The summed E-state index contributed by atoms with van der Waals surface area (Å²) in [6.07, 6.45) is 12.1. The Bertz CT molecular complexity index is 438. The van der Waals surface area contributed by atoms with E-state index < -0.39 is 0 Å². The first-order chi connectivity index (χ1) is 9.77. The lowest BCUT2D eigenvalue weighted by Gasteiger charge is -2.40. The maximum atomic E-state index is 4.30. The van der Waals surface area contributed by atoms with Crippen LogP contribution in [0.2, 0.25) is 0 Å². The Balaban J connectivity index is 1.70. The van der Waals surface area contributed by atoms with E-state index in [2.05, 4.69) is 28.2 Å². The molecule has 2 fully saturated rings. The van der Waals surface area contributed by atoms with Crippen LogP contribution in [0, 0.1) is 6.92 Å². The van der Waals surface area contributed by atoms with Crippen LogP contribution in [0.15, 0.2) is 18.5 Å². The molecule has 1 aliphatic heterocycles. The quantitative estimate of drug-likeness (QED) is 0.898. The predicted molar refractivity (Wildman–Crippen MR) is 82.7 cm³/mol. The van der Waals surface area contributed by atoms with Gasteiger partial charge in [0.2, 0.25) is 0 Å². The zero-order valence-corrected chi connectivity index (χ0v) is 12.7. The van der Waals surface area contributed by atoms with E-state index in [1.54, 1.807) is 0 Å². The highest BCUT2D eigenvalue weighted by Gasteiger charge is 2.34. The maximum absolute atomic E-state index is 4.30. The Labute approximate surface area is 122 Å². The number of aromatic nitrogens is 1. The number of hydrogen-bond acceptors (Lipinski definition) is 3. The number of nitrogens with zero attached hydrogens (tertiary/aromatic N) is 2. The molecule has 3 nitrogen and oxygen atoms in total. The van der Waals surface area contributed by atoms with Crippen LogP contribution < -0.4 is 5.32 Å². The molecule has 2 aliphatic rings. The highest BCUT2D eigenvalue weighted by atomic mass is 15.2. The van der Waals surface area contributed by atoms with Crippen LogP contribution in [0.5, 0.6) is 0 Å². The SMILES string of the molecule is Cc1ccncc1CN1CCCNC2(CCCCC2)C1. The molecule has 0 atom stereocenters. The van der Waals surface area contributed by atoms with Crippen molar-refractivity contribution in [2.24, 2.45) is 0 Å². The van der Waals surface area contributed by atoms with Crippen LogP contribution in [0.4, 0.5) is 0 Å². The van der Waals surface area contributed by atoms with Gasteiger partial charge < -0.3 is 5.32 Å². The second kappa shape index (κ2) is 6.23. The van der Waals surface area contributed by atoms with Gasteiger partial charge in [-0.05, 0) is 56.5 Å². The summed E-state index contributed by atoms with van der Waals surface area (Å²) in [5.74, 6) is 0. The molecule has 1 N–H and O–H groups in total. The molecule has 1 aromatic rings. The van der Waals surface area contributed by atoms with Gasteiger partial charge in [-0.1, -0.05) is 19.3 Å². The minimum atomic E-state index is 0.394. The minimum Gasteiger partial charge on any atom is -0.310 e. The second-order valence-corrected chi connectivity index (χ2v) is 6.63. The molecule has 0 unspecified atom stereocenters. The summed E-state index contributed by atoms with van der Waals surface area (Å²) in [6.45, 7) is 6.86. The van der Waals surface area contributed by atoms with Gasteiger partial charge in [-0.15, -0.1) is 0 Å². The van der Waals surface area contributed by atoms with E-state index >= 15 is 0 Å². The summed E-state index contributed by atoms with van der Waals surface area (Å²) >= 11 is 0. The van der Waals surface area contributed by atoms with E-state index in [4.69, 9.17) is 0 Å². The first kappa shape index (κ1) is 14.0. The van der Waals surface area contributed by atoms with Gasteiger partial charge in [0.25, 0.3) is 0 Å². The lowest BCUT2D eigenvalue weighted by atomic mass is 9.81. The number of hydrogen-bond donors (Lipinski definition) is 1. The van der Waals surface area contributed by atoms with Crippen LogP contribution in [0.1, 0.15) is 49.7 Å². The third-order valence-electron chi connectivity index (χ3n) is 5.03. The zero-order chi connectivity index (χ0) is 13.8. The molecule has 1 aromatic heterocycles. The molecule has 0 bridgehead atoms. The van der Waals surface area contributed by atoms with Gasteiger partial charge in [-0.3, -0.25) is 9.88 Å². The molecule has 1 spiro atoms. The first-order valence-electron chi connectivity index (χ1n) is 8.14. The van der Waals surface area contributed by atoms with E-state index in [0.717, 1.165) is 6.54 Å². The highest BCUT2D eigenvalue weighted by molar-refractivity contribution is 5.21. The molecule has 110 valence electrons. The van der Waals surface area contributed by atoms with Crippen LogP contribution in [0.3, 0.4) is 0 Å². The molecule has 0 amide bonds. The average Bonchev–Trinajstić information content (AvgIpc) is 2.65. The van der Waals surface area contributed by atoms with Crippen molar-refractivity contribution < 1.29 is 0 Å². The predicted octanol–water partition coefficient (Wildman–Crippen LogP) is 2.89. The molecule has 3 heteroatoms. The van der Waals surface area contributed by atoms with Crippen LogP contribution in [-0.2, 0) is 6.54 Å². The number of rotatable bonds is 2. The standard InChI is InChI=1S/C17H27N3/c1-15-6-10-18-12-16(15)13-20-11-5-9-19-17(14-20)7-3-2-4-8-17/h6,10,12,19H,2-5,7-9,11,13-14H2,1H3. The summed E-state index contributed by atoms with van der Waals surface area (Å²) < 4.78 is 0. The molecular weight excluding hydrogens is 246 g/mol. The van der Waals surface area contributed by atoms with Gasteiger partial charge in [-0.2, -0.15) is 0 Å². The number of nitrogens with one attached hydrogen (secondary N) is 1. The Hall–Kier alpha value is -0.930. The normalized spacial score (nSPS) is 23.6. The highest BCUT2D eigenvalue weighted by Crippen LogP contribution is 2.30. The van der Waals surface area contributed by atoms with Crippen molar-refractivity contribution >= 4 is 0 Å². The summed E-state index contributed by atoms with van der Waals surface area (Å²) in [5.41, 5.74) is 3.15. The van der Waals surface area contributed by atoms with Gasteiger partial charge in [0.15, 0.2) is 0 Å². The van der Waals surface area contributed by atoms with Crippen LogP contribution in [0.25, 0.3) is 0 Å². The van der Waals surface area contributed by atoms with Crippen molar-refractivity contribution in [1.82, 2.24) is 15.2 Å². The van der Waals surface area contributed by atoms with Crippen molar-refractivity contribution in [3.8, 4) is 0 Å². The third kappa shape index (κ3) is 3.21. The fourth-order valence-corrected chi connectivity index (χ4v) is 3.82. The van der Waals surface area contributed by atoms with Crippen molar-refractivity contribution in [2.75, 3.05) is 19.6 Å². The van der Waals surface area contributed by atoms with Gasteiger partial charge in [0.05, 0.1) is 0 Å². The molecular formula is C17H27N3. The van der Waals surface area contributed by atoms with Crippen LogP contribution >= 0.6 is 0 Å². The Morgan fingerprint density at radius 1 is 1.25 bits per heavy atom. The minimum absolute atomic E-state index is 0.394. The van der Waals surface area contributed by atoms with E-state index in [1.165, 1.54) is 69.3 Å². The first-order valence-corrected chi connectivity index (χ1v) is 8.14. The average molecular weight is 273 g/mol. The summed E-state index contributed by atoms with van der Waals surface area (Å²) in [7, 11) is 0. The molecule has 2 heterocycles. The largest absolute Gasteiger partial charge is 0.310 e. The molecule has 20 heavy (non-hydrogen) atoms. The Kier molecular flexibility index (Phi) is 4.37. The lowest BCUT2D eigenvalue weighted by molar-refractivity contribution is 0.159. The van der Waals surface area contributed by atoms with Crippen molar-refractivity contribution in [1.29, 1.82) is 0 Å². The van der Waals surface area contributed by atoms with E-state index in [9.17, 15) is 0 Å². The lowest BCUT2D eigenvalue weighted by Crippen LogP contribution is -2.52. The third-order valence-corrected chi connectivity index (χ3v) is 5.03. The molecule has 1 saturated carbocycles. The summed E-state index contributed by atoms with van der Waals surface area (Å²) in [6, 6.07) is 2.13.